The third kappa shape index (κ3) is 16.9. The van der Waals surface area contributed by atoms with Crippen LogP contribution in [0.2, 0.25) is 0 Å². The molecule has 1 fully saturated rings. The number of carbonyl (C=O) groups excluding carboxylic acids is 3. The van der Waals surface area contributed by atoms with Crippen LogP contribution in [0.3, 0.4) is 0 Å². The van der Waals surface area contributed by atoms with Crippen molar-refractivity contribution in [3.8, 4) is 0 Å². The number of phosphoric acid groups is 3. The van der Waals surface area contributed by atoms with E-state index < -0.39 is 96.6 Å². The SMILES string of the molecule is CCCCCCC[C@@H](F)[C@H](C)C(=O)SCCNC(=O)CCNC(=O)C(O)C(C)(C)COP(=O)(O)OP(=O)(O)OCC1OC(n2cnc3c(N)ncnc32)C(O)C1OP(=O)(O)O. The van der Waals surface area contributed by atoms with E-state index in [1.165, 1.54) is 13.8 Å². The van der Waals surface area contributed by atoms with Crippen LogP contribution in [0.4, 0.5) is 10.2 Å². The first kappa shape index (κ1) is 52.8. The van der Waals surface area contributed by atoms with Gasteiger partial charge in [-0.15, -0.1) is 0 Å². The second-order valence-electron chi connectivity index (χ2n) is 14.7. The molecular formula is C32H55FN7O17P3S. The number of anilines is 1. The monoisotopic (exact) mass is 953 g/mol. The first-order valence-corrected chi connectivity index (χ1v) is 24.6. The Kier molecular flexibility index (Phi) is 20.3. The maximum absolute atomic E-state index is 14.4. The molecular weight excluding hydrogens is 898 g/mol. The molecule has 0 bridgehead atoms. The van der Waals surface area contributed by atoms with Gasteiger partial charge < -0.3 is 50.9 Å². The van der Waals surface area contributed by atoms with Gasteiger partial charge in [0.15, 0.2) is 22.8 Å². The van der Waals surface area contributed by atoms with Crippen LogP contribution in [0.25, 0.3) is 11.2 Å². The maximum atomic E-state index is 14.4. The van der Waals surface area contributed by atoms with E-state index in [1.54, 1.807) is 6.92 Å². The maximum Gasteiger partial charge on any atom is 0.481 e. The number of aliphatic hydroxyl groups is 2. The van der Waals surface area contributed by atoms with E-state index in [2.05, 4.69) is 41.3 Å². The summed E-state index contributed by atoms with van der Waals surface area (Å²) in [6, 6.07) is 0. The molecule has 0 aromatic carbocycles. The fourth-order valence-electron chi connectivity index (χ4n) is 5.75. The highest BCUT2D eigenvalue weighted by Crippen LogP contribution is 2.61. The smallest absolute Gasteiger partial charge is 0.386 e. The number of carbonyl (C=O) groups is 3. The van der Waals surface area contributed by atoms with Crippen LogP contribution in [0.15, 0.2) is 12.7 Å². The van der Waals surface area contributed by atoms with Gasteiger partial charge in [0, 0.05) is 30.7 Å². The average molecular weight is 954 g/mol. The molecule has 0 saturated carbocycles. The van der Waals surface area contributed by atoms with Gasteiger partial charge in [-0.3, -0.25) is 32.5 Å². The van der Waals surface area contributed by atoms with E-state index >= 15 is 0 Å². The number of rotatable bonds is 27. The molecule has 348 valence electrons. The van der Waals surface area contributed by atoms with Gasteiger partial charge in [-0.1, -0.05) is 71.6 Å². The van der Waals surface area contributed by atoms with E-state index in [9.17, 15) is 62.3 Å². The summed E-state index contributed by atoms with van der Waals surface area (Å²) in [7, 11) is -16.4. The third-order valence-corrected chi connectivity index (χ3v) is 13.4. The lowest BCUT2D eigenvalue weighted by Crippen LogP contribution is -2.46. The largest absolute Gasteiger partial charge is 0.481 e. The van der Waals surface area contributed by atoms with Gasteiger partial charge in [0.1, 0.15) is 42.4 Å². The Hall–Kier alpha value is -2.51. The van der Waals surface area contributed by atoms with Gasteiger partial charge >= 0.3 is 23.5 Å². The van der Waals surface area contributed by atoms with Crippen molar-refractivity contribution in [1.82, 2.24) is 30.2 Å². The Balaban J connectivity index is 1.43. The van der Waals surface area contributed by atoms with Crippen molar-refractivity contribution < 1.29 is 84.9 Å². The third-order valence-electron chi connectivity index (χ3n) is 9.24. The predicted molar refractivity (Wildman–Crippen MR) is 215 cm³/mol. The molecule has 0 spiro atoms. The summed E-state index contributed by atoms with van der Waals surface area (Å²) >= 11 is 0.914. The second-order valence-corrected chi connectivity index (χ2v) is 20.1. The summed E-state index contributed by atoms with van der Waals surface area (Å²) in [5.41, 5.74) is 4.23. The highest BCUT2D eigenvalue weighted by Gasteiger charge is 2.50. The molecule has 2 aromatic heterocycles. The number of alkyl halides is 1. The van der Waals surface area contributed by atoms with Gasteiger partial charge in [0.05, 0.1) is 25.5 Å². The molecule has 1 saturated heterocycles. The van der Waals surface area contributed by atoms with Gasteiger partial charge in [-0.25, -0.2) is 33.0 Å². The molecule has 61 heavy (non-hydrogen) atoms. The molecule has 10 N–H and O–H groups in total. The molecule has 9 atom stereocenters. The number of ether oxygens (including phenoxy) is 1. The predicted octanol–water partition coefficient (Wildman–Crippen LogP) is 2.00. The molecule has 2 amide bonds. The van der Waals surface area contributed by atoms with E-state index in [0.717, 1.165) is 54.7 Å². The number of halogens is 1. The summed E-state index contributed by atoms with van der Waals surface area (Å²) < 4.78 is 76.6. The number of unbranched alkanes of at least 4 members (excludes halogenated alkanes) is 4. The highest BCUT2D eigenvalue weighted by molar-refractivity contribution is 8.13. The summed E-state index contributed by atoms with van der Waals surface area (Å²) in [5, 5.41) is 26.1. The molecule has 24 nitrogen and oxygen atoms in total. The van der Waals surface area contributed by atoms with E-state index in [-0.39, 0.29) is 47.4 Å². The molecule has 7 unspecified atom stereocenters. The Morgan fingerprint density at radius 1 is 1.03 bits per heavy atom. The van der Waals surface area contributed by atoms with Crippen LogP contribution in [0.5, 0.6) is 0 Å². The van der Waals surface area contributed by atoms with E-state index in [4.69, 9.17) is 19.5 Å². The molecule has 3 heterocycles. The van der Waals surface area contributed by atoms with Crippen LogP contribution in [-0.2, 0) is 50.7 Å². The Morgan fingerprint density at radius 3 is 2.38 bits per heavy atom. The molecule has 0 radical (unpaired) electrons. The van der Waals surface area contributed by atoms with Crippen molar-refractivity contribution in [2.45, 2.75) is 109 Å². The lowest BCUT2D eigenvalue weighted by Gasteiger charge is -2.30. The minimum absolute atomic E-state index is 0.0242. The minimum atomic E-state index is -5.59. The zero-order valence-electron chi connectivity index (χ0n) is 33.8. The minimum Gasteiger partial charge on any atom is -0.386 e. The number of thioether (sulfide) groups is 1. The van der Waals surface area contributed by atoms with Crippen LogP contribution in [0, 0.1) is 11.3 Å². The molecule has 29 heteroatoms. The number of nitrogens with one attached hydrogen (secondary N) is 2. The Bertz CT molecular complexity index is 1930. The fraction of sp³-hybridized carbons (Fsp3) is 0.750. The van der Waals surface area contributed by atoms with E-state index in [0.29, 0.717) is 12.8 Å². The van der Waals surface area contributed by atoms with Crippen LogP contribution >= 0.6 is 35.2 Å². The topological polar surface area (TPSA) is 364 Å². The summed E-state index contributed by atoms with van der Waals surface area (Å²) in [6.07, 6.45) is -3.13. The van der Waals surface area contributed by atoms with Gasteiger partial charge in [0.2, 0.25) is 11.8 Å². The number of aliphatic hydroxyl groups excluding tert-OH is 2. The number of nitrogens with zero attached hydrogens (tertiary/aromatic N) is 4. The van der Waals surface area contributed by atoms with Gasteiger partial charge in [-0.05, 0) is 6.42 Å². The lowest BCUT2D eigenvalue weighted by atomic mass is 9.87. The van der Waals surface area contributed by atoms with Gasteiger partial charge in [-0.2, -0.15) is 4.31 Å². The number of hydrogen-bond acceptors (Lipinski definition) is 18. The quantitative estimate of drug-likeness (QED) is 0.0457. The van der Waals surface area contributed by atoms with Crippen molar-refractivity contribution in [3.05, 3.63) is 12.7 Å². The standard InChI is InChI=1S/C32H55FN7O17P3S/c1-5-6-7-8-9-10-20(33)19(2)31(45)61-14-13-35-22(41)11-12-36-29(44)26(43)32(3,4)16-54-60(51,52)57-59(49,50)53-15-21-25(56-58(46,47)48)24(42)30(55-21)40-18-39-23-27(34)37-17-38-28(23)40/h17-21,24-26,30,42-43H,5-16H2,1-4H3,(H,35,41)(H,36,44)(H,49,50)(H,51,52)(H2,34,37,38)(H2,46,47,48)/t19-,20+,21?,24?,25?,26?,30?/m0/s1. The van der Waals surface area contributed by atoms with Crippen molar-refractivity contribution in [1.29, 1.82) is 0 Å². The Labute approximate surface area is 354 Å². The average Bonchev–Trinajstić information content (AvgIpc) is 3.73. The summed E-state index contributed by atoms with van der Waals surface area (Å²) in [5.74, 6) is -2.11. The number of aromatic nitrogens is 4. The molecule has 3 rings (SSSR count). The zero-order valence-corrected chi connectivity index (χ0v) is 37.3. The number of fused-ring (bicyclic) bond motifs is 1. The van der Waals surface area contributed by atoms with Crippen molar-refractivity contribution in [2.75, 3.05) is 37.8 Å². The number of phosphoric ester groups is 3. The van der Waals surface area contributed by atoms with Gasteiger partial charge in [0.25, 0.3) is 0 Å². The molecule has 1 aliphatic heterocycles. The first-order valence-electron chi connectivity index (χ1n) is 19.1. The summed E-state index contributed by atoms with van der Waals surface area (Å²) in [6.45, 7) is 3.92. The molecule has 2 aromatic rings. The highest BCUT2D eigenvalue weighted by atomic mass is 32.2. The number of hydrogen-bond donors (Lipinski definition) is 9. The first-order chi connectivity index (χ1) is 28.4. The molecule has 0 aliphatic carbocycles. The normalized spacial score (nSPS) is 22.0. The van der Waals surface area contributed by atoms with Crippen LogP contribution in [0.1, 0.15) is 78.9 Å². The molecule has 1 aliphatic rings. The van der Waals surface area contributed by atoms with Crippen LogP contribution in [-0.4, -0.2) is 129 Å². The number of nitrogens with two attached hydrogens (primary N) is 1. The van der Waals surface area contributed by atoms with Crippen LogP contribution < -0.4 is 16.4 Å². The number of amides is 2. The fourth-order valence-corrected chi connectivity index (χ4v) is 9.40. The number of nitrogen functional groups attached to an aromatic ring is 1. The zero-order chi connectivity index (χ0) is 45.8. The number of imidazole rings is 1. The van der Waals surface area contributed by atoms with E-state index in [1.807, 2.05) is 0 Å². The Morgan fingerprint density at radius 2 is 1.70 bits per heavy atom. The van der Waals surface area contributed by atoms with Crippen molar-refractivity contribution in [3.63, 3.8) is 0 Å². The second kappa shape index (κ2) is 23.4. The van der Waals surface area contributed by atoms with Crippen molar-refractivity contribution >= 4 is 69.1 Å². The van der Waals surface area contributed by atoms with Crippen molar-refractivity contribution in [2.24, 2.45) is 11.3 Å². The summed E-state index contributed by atoms with van der Waals surface area (Å²) in [4.78, 5) is 88.2. The lowest BCUT2D eigenvalue weighted by molar-refractivity contribution is -0.137.